The number of alkyl halides is 2. The van der Waals surface area contributed by atoms with Crippen molar-refractivity contribution in [1.29, 1.82) is 0 Å². The van der Waals surface area contributed by atoms with Gasteiger partial charge in [-0.05, 0) is 105 Å². The average Bonchev–Trinajstić information content (AvgIpc) is 4.04. The van der Waals surface area contributed by atoms with Gasteiger partial charge in [0.25, 0.3) is 11.8 Å². The Kier molecular flexibility index (Phi) is 18.5. The van der Waals surface area contributed by atoms with Crippen LogP contribution in [0.1, 0.15) is 156 Å². The topological polar surface area (TPSA) is 246 Å². The van der Waals surface area contributed by atoms with Crippen molar-refractivity contribution < 1.29 is 56.7 Å². The third-order valence-electron chi connectivity index (χ3n) is 16.9. The van der Waals surface area contributed by atoms with Gasteiger partial charge in [0.05, 0.1) is 12.1 Å². The smallest absolute Gasteiger partial charge is 0.270 e. The molecule has 79 heavy (non-hydrogen) atoms. The van der Waals surface area contributed by atoms with Crippen LogP contribution in [0.5, 0.6) is 0 Å². The molecule has 1 aliphatic carbocycles. The van der Waals surface area contributed by atoms with E-state index in [2.05, 4.69) is 27.8 Å². The summed E-state index contributed by atoms with van der Waals surface area (Å²) in [5.74, 6) is -1.51. The van der Waals surface area contributed by atoms with Crippen LogP contribution in [0, 0.1) is 29.6 Å². The van der Waals surface area contributed by atoms with Crippen molar-refractivity contribution in [2.75, 3.05) is 26.2 Å². The molecule has 20 heteroatoms. The van der Waals surface area contributed by atoms with Crippen LogP contribution >= 0.6 is 0 Å². The number of fused-ring (bicyclic) bond motifs is 2. The van der Waals surface area contributed by atoms with E-state index in [1.54, 1.807) is 19.1 Å². The van der Waals surface area contributed by atoms with Crippen molar-refractivity contribution in [3.63, 3.8) is 0 Å². The second-order valence-corrected chi connectivity index (χ2v) is 22.4. The summed E-state index contributed by atoms with van der Waals surface area (Å²) < 4.78 is 27.7. The quantitative estimate of drug-likeness (QED) is 0.0971. The van der Waals surface area contributed by atoms with Crippen molar-refractivity contribution in [3.05, 3.63) is 76.4 Å². The van der Waals surface area contributed by atoms with E-state index in [-0.39, 0.29) is 93.3 Å². The molecule has 0 radical (unpaired) electrons. The Balaban J connectivity index is 0.892. The van der Waals surface area contributed by atoms with Crippen molar-refractivity contribution >= 4 is 64.5 Å². The van der Waals surface area contributed by atoms with E-state index in [4.69, 9.17) is 5.73 Å². The predicted octanol–water partition coefficient (Wildman–Crippen LogP) is 4.65. The number of hydrogen-bond donors (Lipinski definition) is 4. The first-order valence-electron chi connectivity index (χ1n) is 27.9. The summed E-state index contributed by atoms with van der Waals surface area (Å²) in [4.78, 5) is 140. The number of nitrogens with zero attached hydrogens (tertiary/aromatic N) is 4. The van der Waals surface area contributed by atoms with Gasteiger partial charge in [-0.2, -0.15) is 0 Å². The van der Waals surface area contributed by atoms with Gasteiger partial charge in [-0.3, -0.25) is 53.3 Å². The van der Waals surface area contributed by atoms with Crippen LogP contribution in [0.15, 0.2) is 48.5 Å². The number of benzene rings is 2. The second-order valence-electron chi connectivity index (χ2n) is 22.4. The van der Waals surface area contributed by atoms with Gasteiger partial charge >= 0.3 is 0 Å². The predicted molar refractivity (Wildman–Crippen MR) is 285 cm³/mol. The maximum Gasteiger partial charge on any atom is 0.270 e. The van der Waals surface area contributed by atoms with Crippen molar-refractivity contribution in [3.8, 4) is 11.8 Å². The van der Waals surface area contributed by atoms with Gasteiger partial charge in [0.1, 0.15) is 18.1 Å². The van der Waals surface area contributed by atoms with Gasteiger partial charge in [0.2, 0.25) is 47.3 Å². The fourth-order valence-corrected chi connectivity index (χ4v) is 12.4. The van der Waals surface area contributed by atoms with Gasteiger partial charge in [0, 0.05) is 101 Å². The number of imide groups is 1. The molecule has 1 saturated carbocycles. The van der Waals surface area contributed by atoms with E-state index in [1.165, 1.54) is 52.0 Å². The molecule has 0 aromatic heterocycles. The number of likely N-dealkylation sites (tertiary alicyclic amines) is 1. The van der Waals surface area contributed by atoms with Crippen molar-refractivity contribution in [2.24, 2.45) is 23.5 Å². The lowest BCUT2D eigenvalue weighted by molar-refractivity contribution is -0.144. The molecule has 0 bridgehead atoms. The Morgan fingerprint density at radius 1 is 0.886 bits per heavy atom. The monoisotopic (exact) mass is 1090 g/mol. The maximum atomic E-state index is 14.6. The Bertz CT molecular complexity index is 2820. The molecule has 2 aromatic carbocycles. The first kappa shape index (κ1) is 57.9. The largest absolute Gasteiger partial charge is 0.370 e. The number of carbonyl (C=O) groups is 10. The molecule has 0 spiro atoms. The normalized spacial score (nSPS) is 22.9. The fraction of sp³-hybridized carbons (Fsp3) is 0.559. The van der Waals surface area contributed by atoms with Crippen LogP contribution in [-0.4, -0.2) is 135 Å². The zero-order valence-electron chi connectivity index (χ0n) is 45.3. The van der Waals surface area contributed by atoms with E-state index in [0.29, 0.717) is 48.5 Å². The number of carbonyl (C=O) groups excluding carboxylic acids is 10. The van der Waals surface area contributed by atoms with E-state index < -0.39 is 77.4 Å². The Morgan fingerprint density at radius 2 is 1.61 bits per heavy atom. The number of amides is 9. The van der Waals surface area contributed by atoms with Gasteiger partial charge in [0.15, 0.2) is 5.78 Å². The number of nitrogens with two attached hydrogens (primary N) is 1. The Hall–Kier alpha value is -7.30. The Labute approximate surface area is 459 Å². The molecule has 6 atom stereocenters. The molecule has 422 valence electrons. The van der Waals surface area contributed by atoms with Crippen LogP contribution in [0.4, 0.5) is 8.78 Å². The number of nitrogens with one attached hydrogen (secondary N) is 3. The summed E-state index contributed by atoms with van der Waals surface area (Å²) in [6.07, 6.45) is 8.94. The highest BCUT2D eigenvalue weighted by atomic mass is 19.3. The summed E-state index contributed by atoms with van der Waals surface area (Å²) in [5.41, 5.74) is 8.31. The molecule has 5 N–H and O–H groups in total. The zero-order valence-corrected chi connectivity index (χ0v) is 45.3. The summed E-state index contributed by atoms with van der Waals surface area (Å²) in [7, 11) is 0. The molecule has 8 rings (SSSR count). The third kappa shape index (κ3) is 13.9. The summed E-state index contributed by atoms with van der Waals surface area (Å²) >= 11 is 0. The summed E-state index contributed by atoms with van der Waals surface area (Å²) in [5, 5.41) is 7.87. The molecule has 6 aliphatic rings. The van der Waals surface area contributed by atoms with Crippen LogP contribution in [0.3, 0.4) is 0 Å². The van der Waals surface area contributed by atoms with Crippen LogP contribution in [-0.2, 0) is 55.6 Å². The third-order valence-corrected chi connectivity index (χ3v) is 16.9. The molecular formula is C59H72F2N8O10. The van der Waals surface area contributed by atoms with E-state index in [9.17, 15) is 56.7 Å². The molecule has 5 heterocycles. The summed E-state index contributed by atoms with van der Waals surface area (Å²) in [6, 6.07) is 5.97. The van der Waals surface area contributed by atoms with E-state index >= 15 is 0 Å². The molecule has 2 aromatic rings. The number of rotatable bonds is 17. The standard InChI is InChI=1S/C59H72F2N8O10/c1-35(38-16-18-41(19-17-38)59(3,60)61)30-53(74)63-47-34-67(36(2)70)32-42-20-22-49(69(42)58(47)79)55(76)64-46(21-24-51(62)72)50(71)31-44(39-11-5-4-6-12-39)56(77)66-28-26-37(27-29-66)10-7-8-13-40-14-9-15-43-45(40)33-68(57(43)78)48-23-25-52(73)65-54(48)75/h9,14-19,30,37,39,42,44,46-49H,4-7,10-12,20-29,31-34H2,1-3H3,(H2,62,72)(H,63,74)(H,64,76)(H,65,73,75)/b35-30+/t42-,44+,46+,47+,48?,49+/m1/s1. The lowest BCUT2D eigenvalue weighted by atomic mass is 9.76. The second kappa shape index (κ2) is 25.2. The number of allylic oxidation sites excluding steroid dienone is 1. The molecular weight excluding hydrogens is 1020 g/mol. The molecule has 9 amide bonds. The van der Waals surface area contributed by atoms with Crippen molar-refractivity contribution in [1.82, 2.24) is 35.6 Å². The van der Waals surface area contributed by atoms with Gasteiger partial charge in [-0.1, -0.05) is 61.4 Å². The SMILES string of the molecule is CC(=O)N1C[C@H]2CC[C@@H](C(=O)N[C@@H](CCC(N)=O)C(=O)C[C@H](C(=O)N3CCC(CCC#Cc4cccc5c4CN(C4CCC(=O)NC4=O)C5=O)CC3)C3CCCCC3)N2C(=O)[C@@H](NC(=O)/C=C(\C)c2ccc(C(C)(F)F)cc2)C1. The maximum absolute atomic E-state index is 14.6. The minimum atomic E-state index is -3.05. The minimum absolute atomic E-state index is 0.0635. The zero-order chi connectivity index (χ0) is 56.7. The fourth-order valence-electron chi connectivity index (χ4n) is 12.4. The first-order valence-corrected chi connectivity index (χ1v) is 27.9. The molecule has 1 unspecified atom stereocenters. The van der Waals surface area contributed by atoms with Gasteiger partial charge in [-0.25, -0.2) is 8.78 Å². The highest BCUT2D eigenvalue weighted by Crippen LogP contribution is 2.36. The molecule has 18 nitrogen and oxygen atoms in total. The lowest BCUT2D eigenvalue weighted by Gasteiger charge is -2.37. The number of hydrogen-bond acceptors (Lipinski definition) is 10. The average molecular weight is 1090 g/mol. The highest BCUT2D eigenvalue weighted by Gasteiger charge is 2.48. The van der Waals surface area contributed by atoms with E-state index in [1.807, 2.05) is 11.0 Å². The number of halogens is 2. The molecule has 5 fully saturated rings. The lowest BCUT2D eigenvalue weighted by Crippen LogP contribution is -2.57. The Morgan fingerprint density at radius 3 is 2.28 bits per heavy atom. The molecule has 4 saturated heterocycles. The van der Waals surface area contributed by atoms with Gasteiger partial charge < -0.3 is 36.0 Å². The molecule has 5 aliphatic heterocycles. The van der Waals surface area contributed by atoms with Crippen LogP contribution < -0.4 is 21.7 Å². The summed E-state index contributed by atoms with van der Waals surface area (Å²) in [6.45, 7) is 4.91. The van der Waals surface area contributed by atoms with Crippen LogP contribution in [0.2, 0.25) is 0 Å². The first-order chi connectivity index (χ1) is 37.7. The van der Waals surface area contributed by atoms with E-state index in [0.717, 1.165) is 69.4 Å². The number of piperidine rings is 2. The highest BCUT2D eigenvalue weighted by molar-refractivity contribution is 6.06. The number of Topliss-reactive ketones (excluding diaryl/α,β-unsaturated/α-hetero) is 1. The number of primary amides is 1. The van der Waals surface area contributed by atoms with Crippen LogP contribution in [0.25, 0.3) is 5.57 Å². The number of ketones is 1. The van der Waals surface area contributed by atoms with Gasteiger partial charge in [-0.15, -0.1) is 0 Å². The van der Waals surface area contributed by atoms with Crippen molar-refractivity contribution in [2.45, 2.75) is 166 Å². The minimum Gasteiger partial charge on any atom is -0.370 e.